The second-order valence-electron chi connectivity index (χ2n) is 6.27. The zero-order chi connectivity index (χ0) is 21.7. The number of nitrogens with one attached hydrogen (secondary N) is 2. The molecule has 0 saturated heterocycles. The standard InChI is InChI=1S/C19H19N5O5S/c1-12(17(25)20-15-9-8-14(24(27)28)10-16(15)29-2)30-19-22-21-18(26)23(19)11-13-6-4-3-5-7-13/h3-10,12H,11H2,1-2H3,(H,20,25)(H,21,26)/t12-/m0/s1. The van der Waals surface area contributed by atoms with E-state index in [0.717, 1.165) is 17.3 Å². The molecule has 30 heavy (non-hydrogen) atoms. The Bertz CT molecular complexity index is 1110. The minimum absolute atomic E-state index is 0.145. The largest absolute Gasteiger partial charge is 0.494 e. The fourth-order valence-electron chi connectivity index (χ4n) is 2.64. The smallest absolute Gasteiger partial charge is 0.344 e. The highest BCUT2D eigenvalue weighted by Gasteiger charge is 2.21. The first-order valence-electron chi connectivity index (χ1n) is 8.88. The van der Waals surface area contributed by atoms with Gasteiger partial charge in [0.25, 0.3) is 5.69 Å². The van der Waals surface area contributed by atoms with Gasteiger partial charge in [0.1, 0.15) is 5.75 Å². The van der Waals surface area contributed by atoms with Crippen molar-refractivity contribution in [2.24, 2.45) is 0 Å². The maximum atomic E-state index is 12.6. The van der Waals surface area contributed by atoms with Crippen LogP contribution in [0.1, 0.15) is 12.5 Å². The molecule has 0 bridgehead atoms. The quantitative estimate of drug-likeness (QED) is 0.319. The van der Waals surface area contributed by atoms with Crippen LogP contribution < -0.4 is 15.7 Å². The van der Waals surface area contributed by atoms with Crippen molar-refractivity contribution in [3.63, 3.8) is 0 Å². The van der Waals surface area contributed by atoms with Gasteiger partial charge in [0.2, 0.25) is 5.91 Å². The van der Waals surface area contributed by atoms with E-state index in [9.17, 15) is 19.7 Å². The summed E-state index contributed by atoms with van der Waals surface area (Å²) in [6.45, 7) is 1.99. The molecule has 0 aliphatic rings. The number of rotatable bonds is 8. The molecule has 11 heteroatoms. The summed E-state index contributed by atoms with van der Waals surface area (Å²) in [7, 11) is 1.36. The van der Waals surface area contributed by atoms with Gasteiger partial charge in [-0.15, -0.1) is 5.10 Å². The average Bonchev–Trinajstić information content (AvgIpc) is 3.08. The number of aromatic nitrogens is 3. The van der Waals surface area contributed by atoms with Crippen molar-refractivity contribution in [3.8, 4) is 5.75 Å². The fourth-order valence-corrected chi connectivity index (χ4v) is 3.50. The topological polar surface area (TPSA) is 132 Å². The molecule has 0 aliphatic carbocycles. The third-order valence-electron chi connectivity index (χ3n) is 4.21. The Morgan fingerprint density at radius 3 is 2.73 bits per heavy atom. The van der Waals surface area contributed by atoms with Gasteiger partial charge in [-0.05, 0) is 18.6 Å². The van der Waals surface area contributed by atoms with Gasteiger partial charge in [-0.3, -0.25) is 19.5 Å². The van der Waals surface area contributed by atoms with Crippen LogP contribution in [-0.2, 0) is 11.3 Å². The molecule has 0 spiro atoms. The van der Waals surface area contributed by atoms with Gasteiger partial charge in [-0.2, -0.15) is 0 Å². The summed E-state index contributed by atoms with van der Waals surface area (Å²) in [4.78, 5) is 35.1. The molecule has 0 radical (unpaired) electrons. The number of ether oxygens (including phenoxy) is 1. The lowest BCUT2D eigenvalue weighted by Crippen LogP contribution is -2.24. The van der Waals surface area contributed by atoms with Crippen LogP contribution in [0.15, 0.2) is 58.5 Å². The van der Waals surface area contributed by atoms with Crippen molar-refractivity contribution >= 4 is 29.0 Å². The normalized spacial score (nSPS) is 11.7. The van der Waals surface area contributed by atoms with Crippen LogP contribution in [0.3, 0.4) is 0 Å². The van der Waals surface area contributed by atoms with E-state index in [4.69, 9.17) is 4.74 Å². The summed E-state index contributed by atoms with van der Waals surface area (Å²) in [6.07, 6.45) is 0. The molecule has 1 aromatic heterocycles. The van der Waals surface area contributed by atoms with Crippen LogP contribution in [0.25, 0.3) is 0 Å². The van der Waals surface area contributed by atoms with E-state index in [1.807, 2.05) is 30.3 Å². The predicted octanol–water partition coefficient (Wildman–Crippen LogP) is 2.66. The molecule has 2 N–H and O–H groups in total. The van der Waals surface area contributed by atoms with Crippen LogP contribution >= 0.6 is 11.8 Å². The monoisotopic (exact) mass is 429 g/mol. The van der Waals surface area contributed by atoms with Gasteiger partial charge in [0.05, 0.1) is 35.6 Å². The number of hydrogen-bond acceptors (Lipinski definition) is 7. The van der Waals surface area contributed by atoms with Gasteiger partial charge in [0, 0.05) is 6.07 Å². The molecule has 1 amide bonds. The fraction of sp³-hybridized carbons (Fsp3) is 0.211. The molecular formula is C19H19N5O5S. The Labute approximate surface area is 175 Å². The summed E-state index contributed by atoms with van der Waals surface area (Å²) >= 11 is 1.12. The number of nitro benzene ring substituents is 1. The number of nitro groups is 1. The van der Waals surface area contributed by atoms with Crippen molar-refractivity contribution in [1.82, 2.24) is 14.8 Å². The first kappa shape index (κ1) is 21.1. The Kier molecular flexibility index (Phi) is 6.52. The number of thioether (sulfide) groups is 1. The van der Waals surface area contributed by atoms with E-state index in [0.29, 0.717) is 17.4 Å². The van der Waals surface area contributed by atoms with Crippen LogP contribution in [0.5, 0.6) is 5.75 Å². The molecule has 156 valence electrons. The number of benzene rings is 2. The van der Waals surface area contributed by atoms with E-state index in [-0.39, 0.29) is 23.0 Å². The lowest BCUT2D eigenvalue weighted by atomic mass is 10.2. The van der Waals surface area contributed by atoms with E-state index in [1.54, 1.807) is 6.92 Å². The van der Waals surface area contributed by atoms with E-state index in [2.05, 4.69) is 15.5 Å². The minimum atomic E-state index is -0.602. The van der Waals surface area contributed by atoms with Crippen LogP contribution in [0.4, 0.5) is 11.4 Å². The van der Waals surface area contributed by atoms with Gasteiger partial charge >= 0.3 is 5.69 Å². The van der Waals surface area contributed by atoms with Gasteiger partial charge in [-0.25, -0.2) is 9.89 Å². The number of anilines is 1. The molecular weight excluding hydrogens is 410 g/mol. The lowest BCUT2D eigenvalue weighted by molar-refractivity contribution is -0.384. The van der Waals surface area contributed by atoms with Gasteiger partial charge in [-0.1, -0.05) is 42.1 Å². The molecule has 0 aliphatic heterocycles. The Morgan fingerprint density at radius 1 is 1.33 bits per heavy atom. The molecule has 10 nitrogen and oxygen atoms in total. The van der Waals surface area contributed by atoms with Gasteiger partial charge in [0.15, 0.2) is 5.16 Å². The summed E-state index contributed by atoms with van der Waals surface area (Å²) in [5, 5.41) is 19.8. The predicted molar refractivity (Wildman–Crippen MR) is 112 cm³/mol. The minimum Gasteiger partial charge on any atom is -0.494 e. The highest BCUT2D eigenvalue weighted by Crippen LogP contribution is 2.30. The van der Waals surface area contributed by atoms with Crippen LogP contribution in [0.2, 0.25) is 0 Å². The SMILES string of the molecule is COc1cc([N+](=O)[O-])ccc1NC(=O)[C@H](C)Sc1n[nH]c(=O)n1Cc1ccccc1. The molecule has 0 fully saturated rings. The molecule has 1 atom stereocenters. The lowest BCUT2D eigenvalue weighted by Gasteiger charge is -2.14. The average molecular weight is 429 g/mol. The number of non-ortho nitro benzene ring substituents is 1. The molecule has 3 rings (SSSR count). The van der Waals surface area contributed by atoms with Crippen molar-refractivity contribution in [3.05, 3.63) is 74.7 Å². The number of carbonyl (C=O) groups excluding carboxylic acids is 1. The Balaban J connectivity index is 1.73. The number of nitrogens with zero attached hydrogens (tertiary/aromatic N) is 3. The van der Waals surface area contributed by atoms with E-state index in [1.165, 1.54) is 29.9 Å². The van der Waals surface area contributed by atoms with E-state index < -0.39 is 10.2 Å². The maximum absolute atomic E-state index is 12.6. The summed E-state index contributed by atoms with van der Waals surface area (Å²) < 4.78 is 6.59. The zero-order valence-corrected chi connectivity index (χ0v) is 17.0. The third kappa shape index (κ3) is 4.87. The van der Waals surface area contributed by atoms with Crippen molar-refractivity contribution in [2.75, 3.05) is 12.4 Å². The molecule has 3 aromatic rings. The van der Waals surface area contributed by atoms with Crippen LogP contribution in [-0.4, -0.2) is 38.0 Å². The highest BCUT2D eigenvalue weighted by molar-refractivity contribution is 8.00. The van der Waals surface area contributed by atoms with Gasteiger partial charge < -0.3 is 10.1 Å². The Hall–Kier alpha value is -3.60. The first-order chi connectivity index (χ1) is 14.4. The van der Waals surface area contributed by atoms with Crippen molar-refractivity contribution in [2.45, 2.75) is 23.9 Å². The van der Waals surface area contributed by atoms with E-state index >= 15 is 0 Å². The maximum Gasteiger partial charge on any atom is 0.344 e. The molecule has 0 saturated carbocycles. The second kappa shape index (κ2) is 9.27. The molecule has 2 aromatic carbocycles. The number of aromatic amines is 1. The number of amides is 1. The first-order valence-corrected chi connectivity index (χ1v) is 9.76. The van der Waals surface area contributed by atoms with Crippen molar-refractivity contribution < 1.29 is 14.5 Å². The van der Waals surface area contributed by atoms with Crippen molar-refractivity contribution in [1.29, 1.82) is 0 Å². The van der Waals surface area contributed by atoms with Crippen LogP contribution in [0, 0.1) is 10.1 Å². The second-order valence-corrected chi connectivity index (χ2v) is 7.58. The Morgan fingerprint density at radius 2 is 2.07 bits per heavy atom. The third-order valence-corrected chi connectivity index (χ3v) is 5.30. The number of H-pyrrole nitrogens is 1. The number of hydrogen-bond donors (Lipinski definition) is 2. The summed E-state index contributed by atoms with van der Waals surface area (Å²) in [5.74, 6) is -0.190. The number of carbonyl (C=O) groups is 1. The molecule has 0 unspecified atom stereocenters. The zero-order valence-electron chi connectivity index (χ0n) is 16.2. The highest BCUT2D eigenvalue weighted by atomic mass is 32.2. The summed E-state index contributed by atoms with van der Waals surface area (Å²) in [5.41, 5.74) is 0.722. The number of methoxy groups -OCH3 is 1. The summed E-state index contributed by atoms with van der Waals surface area (Å²) in [6, 6.07) is 13.3. The molecule has 1 heterocycles.